The molecule has 4 fully saturated rings. The summed E-state index contributed by atoms with van der Waals surface area (Å²) in [5.74, 6) is -5.50. The molecule has 1 N–H and O–H groups in total. The first-order valence-electron chi connectivity index (χ1n) is 27.0. The summed E-state index contributed by atoms with van der Waals surface area (Å²) in [4.78, 5) is 104. The summed E-state index contributed by atoms with van der Waals surface area (Å²) in [6, 6.07) is 32.8. The molecule has 19 nitrogen and oxygen atoms in total. The molecule has 4 aromatic rings. The summed E-state index contributed by atoms with van der Waals surface area (Å²) in [5.41, 5.74) is -9.21. The fourth-order valence-corrected chi connectivity index (χ4v) is 12.6. The van der Waals surface area contributed by atoms with Gasteiger partial charge in [-0.25, -0.2) is 24.0 Å². The number of aliphatic hydroxyl groups is 1. The van der Waals surface area contributed by atoms with E-state index >= 15 is 9.59 Å². The highest BCUT2D eigenvalue weighted by atomic mass is 16.7. The van der Waals surface area contributed by atoms with Crippen LogP contribution in [0, 0.1) is 16.7 Å². The number of benzene rings is 4. The number of rotatable bonds is 12. The molecule has 3 aliphatic carbocycles. The number of carbonyl (C=O) groups is 7. The van der Waals surface area contributed by atoms with Crippen LogP contribution in [0.5, 0.6) is 0 Å². The zero-order valence-electron chi connectivity index (χ0n) is 47.0. The molecule has 2 saturated carbocycles. The molecule has 2 heterocycles. The minimum atomic E-state index is -2.53. The third-order valence-electron chi connectivity index (χ3n) is 16.5. The first-order chi connectivity index (χ1) is 38.2. The molecule has 4 aromatic carbocycles. The number of amides is 1. The molecule has 1 unspecified atom stereocenters. The third kappa shape index (κ3) is 10.9. The number of ketones is 1. The molecule has 81 heavy (non-hydrogen) atoms. The number of fused-ring (bicyclic) bond motifs is 5. The normalized spacial score (nSPS) is 29.9. The zero-order chi connectivity index (χ0) is 58.5. The number of hydrogen-bond donors (Lipinski definition) is 1. The molecule has 9 rings (SSSR count). The monoisotopic (exact) mass is 1120 g/mol. The summed E-state index contributed by atoms with van der Waals surface area (Å²) >= 11 is 0. The molecule has 1 amide bonds. The van der Waals surface area contributed by atoms with Crippen molar-refractivity contribution in [3.8, 4) is 0 Å². The Morgan fingerprint density at radius 3 is 1.80 bits per heavy atom. The van der Waals surface area contributed by atoms with Crippen molar-refractivity contribution in [3.63, 3.8) is 0 Å². The van der Waals surface area contributed by atoms with E-state index in [2.05, 4.69) is 0 Å². The lowest BCUT2D eigenvalue weighted by molar-refractivity contribution is -0.346. The Bertz CT molecular complexity index is 3070. The van der Waals surface area contributed by atoms with Gasteiger partial charge in [0.2, 0.25) is 0 Å². The van der Waals surface area contributed by atoms with E-state index in [9.17, 15) is 29.1 Å². The molecule has 19 heteroatoms. The molecule has 2 bridgehead atoms. The molecule has 2 saturated heterocycles. The van der Waals surface area contributed by atoms with Crippen LogP contribution >= 0.6 is 0 Å². The lowest BCUT2D eigenvalue weighted by atomic mass is 9.44. The molecule has 0 spiro atoms. The maximum absolute atomic E-state index is 16.7. The van der Waals surface area contributed by atoms with Crippen LogP contribution in [0.2, 0.25) is 0 Å². The van der Waals surface area contributed by atoms with Crippen LogP contribution in [0.25, 0.3) is 0 Å². The number of esters is 3. The number of nitrogens with zero attached hydrogens (tertiary/aromatic N) is 1. The van der Waals surface area contributed by atoms with Gasteiger partial charge in [-0.2, -0.15) is 0 Å². The molecular formula is C62H69NO18. The second-order valence-corrected chi connectivity index (χ2v) is 23.5. The van der Waals surface area contributed by atoms with Crippen LogP contribution in [0.15, 0.2) is 132 Å². The quantitative estimate of drug-likeness (QED) is 0.0790. The van der Waals surface area contributed by atoms with Crippen molar-refractivity contribution in [3.05, 3.63) is 155 Å². The SMILES string of the molecule is CC(=O)O[C@@]12CO[C@@H]1C[C@H](OC(=O)OCc1ccccc1)[C@@]1(C)C(=O)[C@H](OC(=O)OCc3ccccc3)C3=C(C)C(OC(=O)[C@@H]4OC(C)(C)N(C(=O)OC(C)(C)C)[C@H]4c4ccccc4)C[C@@](O)([C@@H](OC(=O)c4ccccc4)[C@H]21)C3(C)C. The van der Waals surface area contributed by atoms with E-state index in [0.29, 0.717) is 16.7 Å². The van der Waals surface area contributed by atoms with Crippen LogP contribution in [-0.2, 0) is 75.0 Å². The molecule has 2 aliphatic heterocycles. The summed E-state index contributed by atoms with van der Waals surface area (Å²) in [6.07, 6.45) is -14.1. The predicted molar refractivity (Wildman–Crippen MR) is 286 cm³/mol. The average molecular weight is 1120 g/mol. The van der Waals surface area contributed by atoms with E-state index in [-0.39, 0.29) is 36.3 Å². The standard InChI is InChI=1S/C62H69NO18/c1-36-42(75-53(67)48-46(40-27-19-13-20-28-40)63(59(8,9)80-48)54(68)81-57(3,4)5)32-62(71)51(78-52(66)41-29-21-14-22-30-41)49-60(10,50(65)47(45(36)58(62,6)7)77-56(70)73-34-39-25-17-12-18-26-39)43(31-44-61(49,35-74-44)79-37(2)64)76-55(69)72-33-38-23-15-11-16-24-38/h11-30,42-44,46-49,51,71H,31-35H2,1-10H3/t42?,43-,44+,46-,47+,48+,49-,51-,60+,61-,62+/m0/s1. The highest BCUT2D eigenvalue weighted by Crippen LogP contribution is 2.65. The molecule has 430 valence electrons. The van der Waals surface area contributed by atoms with Crippen LogP contribution in [0.3, 0.4) is 0 Å². The van der Waals surface area contributed by atoms with Gasteiger partial charge < -0.3 is 52.5 Å². The topological polar surface area (TPSA) is 235 Å². The van der Waals surface area contributed by atoms with Crippen molar-refractivity contribution in [1.82, 2.24) is 4.90 Å². The van der Waals surface area contributed by atoms with E-state index in [0.717, 1.165) is 6.92 Å². The fraction of sp³-hybridized carbons (Fsp3) is 0.468. The largest absolute Gasteiger partial charge is 0.509 e. The van der Waals surface area contributed by atoms with Crippen molar-refractivity contribution in [1.29, 1.82) is 0 Å². The maximum Gasteiger partial charge on any atom is 0.509 e. The smallest absolute Gasteiger partial charge is 0.456 e. The van der Waals surface area contributed by atoms with Crippen molar-refractivity contribution in [2.45, 2.75) is 160 Å². The van der Waals surface area contributed by atoms with E-state index in [4.69, 9.17) is 47.4 Å². The van der Waals surface area contributed by atoms with Gasteiger partial charge in [0.25, 0.3) is 0 Å². The van der Waals surface area contributed by atoms with Gasteiger partial charge >= 0.3 is 36.3 Å². The third-order valence-corrected chi connectivity index (χ3v) is 16.5. The van der Waals surface area contributed by atoms with Gasteiger partial charge in [0.05, 0.1) is 23.5 Å². The van der Waals surface area contributed by atoms with Crippen LogP contribution < -0.4 is 0 Å². The molecule has 5 aliphatic rings. The lowest BCUT2D eigenvalue weighted by Crippen LogP contribution is -2.82. The fourth-order valence-electron chi connectivity index (χ4n) is 12.6. The summed E-state index contributed by atoms with van der Waals surface area (Å²) in [7, 11) is 0. The summed E-state index contributed by atoms with van der Waals surface area (Å²) < 4.78 is 61.8. The Balaban J connectivity index is 1.23. The maximum atomic E-state index is 16.7. The highest BCUT2D eigenvalue weighted by molar-refractivity contribution is 5.96. The Morgan fingerprint density at radius 1 is 0.728 bits per heavy atom. The Labute approximate surface area is 470 Å². The highest BCUT2D eigenvalue weighted by Gasteiger charge is 2.79. The average Bonchev–Trinajstić information content (AvgIpc) is 3.80. The zero-order valence-corrected chi connectivity index (χ0v) is 47.0. The van der Waals surface area contributed by atoms with Gasteiger partial charge in [0, 0.05) is 25.2 Å². The van der Waals surface area contributed by atoms with E-state index in [1.807, 2.05) is 0 Å². The number of hydrogen-bond acceptors (Lipinski definition) is 18. The second kappa shape index (κ2) is 22.0. The lowest BCUT2D eigenvalue weighted by Gasteiger charge is -2.67. The second-order valence-electron chi connectivity index (χ2n) is 23.5. The van der Waals surface area contributed by atoms with Gasteiger partial charge in [-0.05, 0) is 88.4 Å². The molecule has 0 aromatic heterocycles. The van der Waals surface area contributed by atoms with Crippen molar-refractivity contribution in [2.24, 2.45) is 16.7 Å². The number of ether oxygens (including phenoxy) is 10. The number of carbonyl (C=O) groups excluding carboxylic acids is 7. The van der Waals surface area contributed by atoms with Gasteiger partial charge in [-0.15, -0.1) is 0 Å². The predicted octanol–water partition coefficient (Wildman–Crippen LogP) is 9.47. The summed E-state index contributed by atoms with van der Waals surface area (Å²) in [6.45, 7) is 14.6. The van der Waals surface area contributed by atoms with E-state index in [1.54, 1.807) is 165 Å². The van der Waals surface area contributed by atoms with Crippen LogP contribution in [-0.4, -0.2) is 118 Å². The Morgan fingerprint density at radius 2 is 1.27 bits per heavy atom. The molecule has 0 radical (unpaired) electrons. The minimum Gasteiger partial charge on any atom is -0.456 e. The number of Topliss-reactive ketones (excluding diaryl/α,β-unsaturated/α-hetero) is 1. The van der Waals surface area contributed by atoms with Gasteiger partial charge in [-0.1, -0.05) is 123 Å². The van der Waals surface area contributed by atoms with E-state index < -0.39 is 137 Å². The minimum absolute atomic E-state index is 0.0284. The summed E-state index contributed by atoms with van der Waals surface area (Å²) in [5, 5.41) is 14.4. The van der Waals surface area contributed by atoms with Crippen molar-refractivity contribution in [2.75, 3.05) is 6.61 Å². The molecular weight excluding hydrogens is 1050 g/mol. The van der Waals surface area contributed by atoms with Gasteiger partial charge in [-0.3, -0.25) is 14.5 Å². The first-order valence-corrected chi connectivity index (χ1v) is 27.0. The Kier molecular flexibility index (Phi) is 15.8. The van der Waals surface area contributed by atoms with Crippen molar-refractivity contribution >= 4 is 42.1 Å². The van der Waals surface area contributed by atoms with Crippen LogP contribution in [0.4, 0.5) is 14.4 Å². The van der Waals surface area contributed by atoms with E-state index in [1.165, 1.54) is 24.0 Å². The van der Waals surface area contributed by atoms with Gasteiger partial charge in [0.1, 0.15) is 60.6 Å². The molecule has 11 atom stereocenters. The Hall–Kier alpha value is -7.61. The van der Waals surface area contributed by atoms with Crippen LogP contribution in [0.1, 0.15) is 115 Å². The first kappa shape index (κ1) is 58.1. The van der Waals surface area contributed by atoms with Gasteiger partial charge in [0.15, 0.2) is 23.6 Å². The van der Waals surface area contributed by atoms with Crippen molar-refractivity contribution < 1.29 is 86.0 Å².